The van der Waals surface area contributed by atoms with Crippen LogP contribution in [-0.4, -0.2) is 35.9 Å². The van der Waals surface area contributed by atoms with Gasteiger partial charge in [-0.15, -0.1) is 5.10 Å². The summed E-state index contributed by atoms with van der Waals surface area (Å²) in [6.45, 7) is 4.99. The second-order valence-corrected chi connectivity index (χ2v) is 10.8. The van der Waals surface area contributed by atoms with Gasteiger partial charge in [0.05, 0.1) is 37.6 Å². The first-order valence-electron chi connectivity index (χ1n) is 13.5. The van der Waals surface area contributed by atoms with Gasteiger partial charge in [-0.2, -0.15) is 5.10 Å². The predicted molar refractivity (Wildman–Crippen MR) is 166 cm³/mol. The molecule has 9 heteroatoms. The lowest BCUT2D eigenvalue weighted by Gasteiger charge is -2.13. The molecule has 1 fully saturated rings. The maximum Gasteiger partial charge on any atom is 0.267 e. The first-order valence-corrected chi connectivity index (χ1v) is 14.3. The van der Waals surface area contributed by atoms with Crippen molar-refractivity contribution in [3.8, 4) is 23.0 Å². The van der Waals surface area contributed by atoms with Gasteiger partial charge in [0, 0.05) is 0 Å². The first-order chi connectivity index (χ1) is 20.5. The summed E-state index contributed by atoms with van der Waals surface area (Å²) in [4.78, 5) is 15.5. The average molecular weight is 582 g/mol. The Labute approximate surface area is 249 Å². The van der Waals surface area contributed by atoms with Gasteiger partial charge in [0.1, 0.15) is 17.3 Å². The SMILES string of the molecule is COc1cc(/C=C2\S/C(=N\N=C\c3cccc(Oc4ccccc4)c3)N(Cc3ccco3)C2=O)ccc1OCC(C)C. The highest BCUT2D eigenvalue weighted by Gasteiger charge is 2.34. The van der Waals surface area contributed by atoms with Crippen molar-refractivity contribution < 1.29 is 23.4 Å². The number of methoxy groups -OCH3 is 1. The number of hydrogen-bond acceptors (Lipinski definition) is 8. The standard InChI is InChI=1S/C33H31N3O5S/c1-23(2)22-40-29-15-14-24(18-30(29)38-3)19-31-32(37)36(21-28-13-8-16-39-28)33(42-31)35-34-20-25-9-7-12-27(17-25)41-26-10-5-4-6-11-26/h4-20,23H,21-22H2,1-3H3/b31-19-,34-20+,35-33-. The molecule has 0 N–H and O–H groups in total. The number of para-hydroxylation sites is 1. The van der Waals surface area contributed by atoms with E-state index in [2.05, 4.69) is 24.1 Å². The van der Waals surface area contributed by atoms with Gasteiger partial charge < -0.3 is 18.6 Å². The number of carbonyl (C=O) groups is 1. The third kappa shape index (κ3) is 7.50. The second-order valence-electron chi connectivity index (χ2n) is 9.81. The van der Waals surface area contributed by atoms with Gasteiger partial charge in [-0.05, 0) is 83.4 Å². The molecule has 8 nitrogen and oxygen atoms in total. The zero-order valence-electron chi connectivity index (χ0n) is 23.6. The van der Waals surface area contributed by atoms with Crippen molar-refractivity contribution in [2.75, 3.05) is 13.7 Å². The van der Waals surface area contributed by atoms with Crippen LogP contribution in [0.2, 0.25) is 0 Å². The summed E-state index contributed by atoms with van der Waals surface area (Å²) < 4.78 is 22.8. The van der Waals surface area contributed by atoms with Gasteiger partial charge in [-0.25, -0.2) is 0 Å². The summed E-state index contributed by atoms with van der Waals surface area (Å²) >= 11 is 1.25. The molecule has 1 aliphatic heterocycles. The molecule has 0 radical (unpaired) electrons. The fourth-order valence-electron chi connectivity index (χ4n) is 4.01. The number of rotatable bonds is 11. The quantitative estimate of drug-likeness (QED) is 0.103. The van der Waals surface area contributed by atoms with Crippen LogP contribution in [0, 0.1) is 5.92 Å². The molecule has 1 aromatic heterocycles. The van der Waals surface area contributed by atoms with E-state index < -0.39 is 0 Å². The lowest BCUT2D eigenvalue weighted by molar-refractivity contribution is -0.122. The highest BCUT2D eigenvalue weighted by atomic mass is 32.2. The van der Waals surface area contributed by atoms with Crippen molar-refractivity contribution in [3.63, 3.8) is 0 Å². The maximum absolute atomic E-state index is 13.5. The fraction of sp³-hybridized carbons (Fsp3) is 0.182. The highest BCUT2D eigenvalue weighted by Crippen LogP contribution is 2.36. The molecular formula is C33H31N3O5S. The minimum absolute atomic E-state index is 0.192. The molecule has 0 aliphatic carbocycles. The fourth-order valence-corrected chi connectivity index (χ4v) is 4.94. The van der Waals surface area contributed by atoms with E-state index in [0.717, 1.165) is 16.9 Å². The molecule has 0 atom stereocenters. The van der Waals surface area contributed by atoms with E-state index in [4.69, 9.17) is 18.6 Å². The predicted octanol–water partition coefficient (Wildman–Crippen LogP) is 7.62. The Morgan fingerprint density at radius 2 is 1.76 bits per heavy atom. The zero-order valence-corrected chi connectivity index (χ0v) is 24.4. The Hall–Kier alpha value is -4.76. The van der Waals surface area contributed by atoms with Crippen LogP contribution in [0.1, 0.15) is 30.7 Å². The first kappa shape index (κ1) is 28.8. The molecule has 1 saturated heterocycles. The van der Waals surface area contributed by atoms with E-state index in [1.165, 1.54) is 11.8 Å². The van der Waals surface area contributed by atoms with Crippen LogP contribution in [-0.2, 0) is 11.3 Å². The number of furan rings is 1. The Morgan fingerprint density at radius 1 is 0.929 bits per heavy atom. The molecule has 0 bridgehead atoms. The lowest BCUT2D eigenvalue weighted by atomic mass is 10.1. The monoisotopic (exact) mass is 581 g/mol. The Balaban J connectivity index is 1.37. The summed E-state index contributed by atoms with van der Waals surface area (Å²) in [5.74, 6) is 3.53. The number of hydrogen-bond donors (Lipinski definition) is 0. The van der Waals surface area contributed by atoms with Gasteiger partial charge in [0.15, 0.2) is 16.7 Å². The van der Waals surface area contributed by atoms with Crippen molar-refractivity contribution in [2.45, 2.75) is 20.4 Å². The molecule has 4 aromatic rings. The van der Waals surface area contributed by atoms with Crippen molar-refractivity contribution in [1.82, 2.24) is 4.90 Å². The molecular weight excluding hydrogens is 550 g/mol. The highest BCUT2D eigenvalue weighted by molar-refractivity contribution is 8.18. The molecule has 3 aromatic carbocycles. The van der Waals surface area contributed by atoms with E-state index in [0.29, 0.717) is 45.6 Å². The molecule has 1 aliphatic rings. The van der Waals surface area contributed by atoms with Crippen LogP contribution in [0.3, 0.4) is 0 Å². The van der Waals surface area contributed by atoms with Crippen LogP contribution in [0.25, 0.3) is 6.08 Å². The van der Waals surface area contributed by atoms with Crippen molar-refractivity contribution in [2.24, 2.45) is 16.1 Å². The molecule has 2 heterocycles. The maximum atomic E-state index is 13.5. The number of thioether (sulfide) groups is 1. The second kappa shape index (κ2) is 13.7. The van der Waals surface area contributed by atoms with Crippen LogP contribution < -0.4 is 14.2 Å². The van der Waals surface area contributed by atoms with Crippen molar-refractivity contribution >= 4 is 35.1 Å². The third-order valence-corrected chi connectivity index (χ3v) is 7.02. The summed E-state index contributed by atoms with van der Waals surface area (Å²) in [7, 11) is 1.60. The number of nitrogens with zero attached hydrogens (tertiary/aromatic N) is 3. The number of benzene rings is 3. The van der Waals surface area contributed by atoms with Crippen LogP contribution >= 0.6 is 11.8 Å². The van der Waals surface area contributed by atoms with Crippen LogP contribution in [0.15, 0.2) is 111 Å². The number of amidine groups is 1. The van der Waals surface area contributed by atoms with Crippen LogP contribution in [0.5, 0.6) is 23.0 Å². The minimum Gasteiger partial charge on any atom is -0.493 e. The topological polar surface area (TPSA) is 85.9 Å². The minimum atomic E-state index is -0.192. The summed E-state index contributed by atoms with van der Waals surface area (Å²) in [6.07, 6.45) is 5.02. The van der Waals surface area contributed by atoms with E-state index in [1.807, 2.05) is 84.9 Å². The van der Waals surface area contributed by atoms with Crippen molar-refractivity contribution in [3.05, 3.63) is 113 Å². The summed E-state index contributed by atoms with van der Waals surface area (Å²) in [5, 5.41) is 9.15. The Kier molecular flexibility index (Phi) is 9.41. The van der Waals surface area contributed by atoms with E-state index in [1.54, 1.807) is 30.6 Å². The van der Waals surface area contributed by atoms with Crippen molar-refractivity contribution in [1.29, 1.82) is 0 Å². The van der Waals surface area contributed by atoms with E-state index in [9.17, 15) is 4.79 Å². The number of carbonyl (C=O) groups excluding carboxylic acids is 1. The Bertz CT molecular complexity index is 1600. The van der Waals surface area contributed by atoms with Crippen LogP contribution in [0.4, 0.5) is 0 Å². The molecule has 5 rings (SSSR count). The molecule has 0 saturated carbocycles. The van der Waals surface area contributed by atoms with Gasteiger partial charge in [0.2, 0.25) is 0 Å². The number of amides is 1. The normalized spacial score (nSPS) is 15.3. The largest absolute Gasteiger partial charge is 0.493 e. The molecule has 214 valence electrons. The molecule has 42 heavy (non-hydrogen) atoms. The molecule has 0 spiro atoms. The Morgan fingerprint density at radius 3 is 2.52 bits per heavy atom. The van der Waals surface area contributed by atoms with Gasteiger partial charge in [0.25, 0.3) is 5.91 Å². The lowest BCUT2D eigenvalue weighted by Crippen LogP contribution is -2.28. The average Bonchev–Trinajstić information content (AvgIpc) is 3.61. The number of ether oxygens (including phenoxy) is 3. The summed E-state index contributed by atoms with van der Waals surface area (Å²) in [5.41, 5.74) is 1.61. The third-order valence-electron chi connectivity index (χ3n) is 6.03. The smallest absolute Gasteiger partial charge is 0.267 e. The van der Waals surface area contributed by atoms with Gasteiger partial charge >= 0.3 is 0 Å². The van der Waals surface area contributed by atoms with E-state index in [-0.39, 0.29) is 12.5 Å². The molecule has 0 unspecified atom stereocenters. The van der Waals surface area contributed by atoms with Gasteiger partial charge in [-0.3, -0.25) is 9.69 Å². The summed E-state index contributed by atoms with van der Waals surface area (Å²) in [6, 6.07) is 26.3. The van der Waals surface area contributed by atoms with E-state index >= 15 is 0 Å². The van der Waals surface area contributed by atoms with Gasteiger partial charge in [-0.1, -0.05) is 50.2 Å². The molecule has 1 amide bonds. The zero-order chi connectivity index (χ0) is 29.3.